The Morgan fingerprint density at radius 3 is 2.36 bits per heavy atom. The largest absolute Gasteiger partial charge is 0.384 e. The average Bonchev–Trinajstić information content (AvgIpc) is 2.71. The third kappa shape index (κ3) is 4.97. The van der Waals surface area contributed by atoms with Crippen LogP contribution in [0, 0.1) is 5.82 Å². The van der Waals surface area contributed by atoms with Crippen LogP contribution in [0.4, 0.5) is 16.0 Å². The minimum absolute atomic E-state index is 0.291. The summed E-state index contributed by atoms with van der Waals surface area (Å²) < 4.78 is 19.4. The number of rotatable bonds is 5. The lowest BCUT2D eigenvalue weighted by Crippen LogP contribution is -2.42. The number of piperidine rings is 2. The minimum atomic E-state index is -0.291. The third-order valence-corrected chi connectivity index (χ3v) is 5.65. The van der Waals surface area contributed by atoms with Crippen molar-refractivity contribution in [3.63, 3.8) is 0 Å². The van der Waals surface area contributed by atoms with Gasteiger partial charge in [0.2, 0.25) is 0 Å². The molecule has 7 heteroatoms. The number of nitrogens with zero attached hydrogens (tertiary/aromatic N) is 4. The first-order valence-electron chi connectivity index (χ1n) is 10.1. The van der Waals surface area contributed by atoms with E-state index in [0.717, 1.165) is 64.2 Å². The number of likely N-dealkylation sites (tertiary alicyclic amines) is 1. The maximum Gasteiger partial charge on any atom is 0.141 e. The highest BCUT2D eigenvalue weighted by Crippen LogP contribution is 2.24. The molecule has 6 nitrogen and oxygen atoms in total. The van der Waals surface area contributed by atoms with E-state index in [-0.39, 0.29) is 5.82 Å². The van der Waals surface area contributed by atoms with Gasteiger partial charge in [-0.1, -0.05) is 0 Å². The number of halogens is 1. The van der Waals surface area contributed by atoms with Gasteiger partial charge < -0.3 is 15.4 Å². The van der Waals surface area contributed by atoms with Gasteiger partial charge in [-0.15, -0.1) is 0 Å². The zero-order valence-electron chi connectivity index (χ0n) is 16.1. The van der Waals surface area contributed by atoms with Crippen molar-refractivity contribution in [2.45, 2.75) is 44.4 Å². The molecule has 2 aromatic heterocycles. The van der Waals surface area contributed by atoms with Crippen LogP contribution in [0.3, 0.4) is 0 Å². The lowest BCUT2D eigenvalue weighted by Gasteiger charge is -2.37. The van der Waals surface area contributed by atoms with Crippen molar-refractivity contribution in [3.8, 4) is 0 Å². The first-order valence-corrected chi connectivity index (χ1v) is 10.1. The van der Waals surface area contributed by atoms with Gasteiger partial charge in [-0.25, -0.2) is 14.4 Å². The van der Waals surface area contributed by atoms with Gasteiger partial charge in [0.25, 0.3) is 0 Å². The molecule has 4 rings (SSSR count). The molecule has 2 aromatic rings. The normalized spacial score (nSPS) is 19.8. The van der Waals surface area contributed by atoms with Crippen molar-refractivity contribution in [2.24, 2.45) is 0 Å². The number of hydrogen-bond acceptors (Lipinski definition) is 6. The molecule has 0 amide bonds. The van der Waals surface area contributed by atoms with Crippen LogP contribution in [0.15, 0.2) is 36.7 Å². The van der Waals surface area contributed by atoms with E-state index >= 15 is 0 Å². The first-order chi connectivity index (χ1) is 13.7. The summed E-state index contributed by atoms with van der Waals surface area (Å²) in [7, 11) is 0. The average molecular weight is 385 g/mol. The number of ether oxygens (including phenoxy) is 1. The lowest BCUT2D eigenvalue weighted by molar-refractivity contribution is -0.0518. The highest BCUT2D eigenvalue weighted by molar-refractivity contribution is 5.38. The fraction of sp³-hybridized carbons (Fsp3) is 0.524. The summed E-state index contributed by atoms with van der Waals surface area (Å²) in [6.45, 7) is 4.83. The van der Waals surface area contributed by atoms with Crippen LogP contribution in [0.2, 0.25) is 0 Å². The monoisotopic (exact) mass is 385 g/mol. The van der Waals surface area contributed by atoms with Gasteiger partial charge in [0.1, 0.15) is 17.5 Å². The number of anilines is 2. The molecule has 0 bridgehead atoms. The topological polar surface area (TPSA) is 67.5 Å². The molecule has 0 unspecified atom stereocenters. The van der Waals surface area contributed by atoms with Crippen LogP contribution < -0.4 is 10.6 Å². The number of nitrogens with two attached hydrogens (primary N) is 1. The van der Waals surface area contributed by atoms with Crippen LogP contribution in [-0.4, -0.2) is 53.3 Å². The summed E-state index contributed by atoms with van der Waals surface area (Å²) in [6.07, 6.45) is 7.85. The summed E-state index contributed by atoms with van der Waals surface area (Å²) in [4.78, 5) is 12.9. The molecule has 150 valence electrons. The summed E-state index contributed by atoms with van der Waals surface area (Å²) in [5.41, 5.74) is 6.99. The molecule has 0 atom stereocenters. The van der Waals surface area contributed by atoms with Crippen molar-refractivity contribution in [1.82, 2.24) is 14.9 Å². The maximum atomic E-state index is 13.0. The lowest BCUT2D eigenvalue weighted by atomic mass is 10.0. The standard InChI is InChI=1S/C21H28FN5O/c22-17-1-2-21(25-14-17)27-11-6-19(7-12-27)28-18-4-9-26(10-5-18)15-16-3-8-24-20(23)13-16/h1-3,8,13-14,18-19H,4-7,9-12,15H2,(H2,23,24). The van der Waals surface area contributed by atoms with Crippen LogP contribution in [-0.2, 0) is 11.3 Å². The van der Waals surface area contributed by atoms with Gasteiger partial charge in [-0.3, -0.25) is 4.90 Å². The second-order valence-electron chi connectivity index (χ2n) is 7.72. The Hall–Kier alpha value is -2.25. The molecule has 2 aliphatic rings. The van der Waals surface area contributed by atoms with Gasteiger partial charge in [-0.2, -0.15) is 0 Å². The van der Waals surface area contributed by atoms with E-state index in [1.54, 1.807) is 12.3 Å². The maximum absolute atomic E-state index is 13.0. The number of pyridine rings is 2. The second-order valence-corrected chi connectivity index (χ2v) is 7.72. The van der Waals surface area contributed by atoms with E-state index in [0.29, 0.717) is 18.0 Å². The highest BCUT2D eigenvalue weighted by atomic mass is 19.1. The summed E-state index contributed by atoms with van der Waals surface area (Å²) in [5.74, 6) is 1.14. The fourth-order valence-corrected chi connectivity index (χ4v) is 4.10. The van der Waals surface area contributed by atoms with E-state index in [1.807, 2.05) is 12.1 Å². The Bertz CT molecular complexity index is 756. The van der Waals surface area contributed by atoms with Crippen LogP contribution >= 0.6 is 0 Å². The third-order valence-electron chi connectivity index (χ3n) is 5.65. The van der Waals surface area contributed by atoms with E-state index in [9.17, 15) is 4.39 Å². The molecule has 0 spiro atoms. The molecule has 0 aromatic carbocycles. The van der Waals surface area contributed by atoms with Crippen molar-refractivity contribution in [2.75, 3.05) is 36.8 Å². The van der Waals surface area contributed by atoms with Gasteiger partial charge in [-0.05, 0) is 55.5 Å². The van der Waals surface area contributed by atoms with E-state index < -0.39 is 0 Å². The molecule has 2 aliphatic heterocycles. The predicted octanol–water partition coefficient (Wildman–Crippen LogP) is 2.85. The number of nitrogen functional groups attached to an aromatic ring is 1. The molecular weight excluding hydrogens is 357 g/mol. The molecule has 28 heavy (non-hydrogen) atoms. The molecule has 4 heterocycles. The van der Waals surface area contributed by atoms with Crippen molar-refractivity contribution >= 4 is 11.6 Å². The van der Waals surface area contributed by atoms with E-state index in [4.69, 9.17) is 10.5 Å². The van der Waals surface area contributed by atoms with Gasteiger partial charge in [0.15, 0.2) is 0 Å². The Morgan fingerprint density at radius 2 is 1.71 bits per heavy atom. The smallest absolute Gasteiger partial charge is 0.141 e. The van der Waals surface area contributed by atoms with Crippen molar-refractivity contribution < 1.29 is 9.13 Å². The Balaban J connectivity index is 1.19. The Morgan fingerprint density at radius 1 is 1.00 bits per heavy atom. The Labute approximate surface area is 165 Å². The molecule has 0 aliphatic carbocycles. The summed E-state index contributed by atoms with van der Waals surface area (Å²) >= 11 is 0. The SMILES string of the molecule is Nc1cc(CN2CCC(OC3CCN(c4ccc(F)cn4)CC3)CC2)ccn1. The summed E-state index contributed by atoms with van der Waals surface area (Å²) in [6, 6.07) is 7.21. The Kier molecular flexibility index (Phi) is 6.02. The molecule has 2 saturated heterocycles. The second kappa shape index (κ2) is 8.84. The predicted molar refractivity (Wildman–Crippen MR) is 107 cm³/mol. The van der Waals surface area contributed by atoms with E-state index in [2.05, 4.69) is 19.8 Å². The molecular formula is C21H28FN5O. The van der Waals surface area contributed by atoms with E-state index in [1.165, 1.54) is 17.8 Å². The molecule has 2 N–H and O–H groups in total. The number of aromatic nitrogens is 2. The first kappa shape index (κ1) is 19.1. The van der Waals surface area contributed by atoms with Gasteiger partial charge in [0, 0.05) is 38.9 Å². The van der Waals surface area contributed by atoms with Crippen LogP contribution in [0.25, 0.3) is 0 Å². The zero-order chi connectivity index (χ0) is 19.3. The quantitative estimate of drug-likeness (QED) is 0.854. The van der Waals surface area contributed by atoms with Gasteiger partial charge in [0.05, 0.1) is 18.4 Å². The fourth-order valence-electron chi connectivity index (χ4n) is 4.10. The summed E-state index contributed by atoms with van der Waals surface area (Å²) in [5, 5.41) is 0. The minimum Gasteiger partial charge on any atom is -0.384 e. The molecule has 0 saturated carbocycles. The molecule has 0 radical (unpaired) electrons. The number of hydrogen-bond donors (Lipinski definition) is 1. The van der Waals surface area contributed by atoms with Crippen LogP contribution in [0.1, 0.15) is 31.2 Å². The van der Waals surface area contributed by atoms with Crippen molar-refractivity contribution in [1.29, 1.82) is 0 Å². The molecule has 2 fully saturated rings. The van der Waals surface area contributed by atoms with Crippen LogP contribution in [0.5, 0.6) is 0 Å². The van der Waals surface area contributed by atoms with Crippen molar-refractivity contribution in [3.05, 3.63) is 48.0 Å². The zero-order valence-corrected chi connectivity index (χ0v) is 16.1. The van der Waals surface area contributed by atoms with Gasteiger partial charge >= 0.3 is 0 Å². The highest BCUT2D eigenvalue weighted by Gasteiger charge is 2.26.